The van der Waals surface area contributed by atoms with Crippen molar-refractivity contribution >= 4 is 12.4 Å². The van der Waals surface area contributed by atoms with Crippen LogP contribution in [0.1, 0.15) is 18.4 Å². The molecule has 4 nitrogen and oxygen atoms in total. The number of phenols is 1. The van der Waals surface area contributed by atoms with E-state index in [-0.39, 0.29) is 18.2 Å². The smallest absolute Gasteiger partial charge is 0.160 e. The molecule has 19 heavy (non-hydrogen) atoms. The monoisotopic (exact) mass is 286 g/mol. The molecule has 0 radical (unpaired) electrons. The number of piperidine rings is 1. The Bertz CT molecular complexity index is 401. The van der Waals surface area contributed by atoms with Crippen LogP contribution in [-0.2, 0) is 6.54 Å². The lowest BCUT2D eigenvalue weighted by Crippen LogP contribution is -2.43. The average molecular weight is 287 g/mol. The third kappa shape index (κ3) is 4.27. The first-order valence-corrected chi connectivity index (χ1v) is 6.48. The standard InChI is InChI=1S/C14H22N2O2.ClH/c1-15-12-4-3-7-16(10-12)9-11-5-6-14(18-2)13(17)8-11;/h5-6,8,12,15,17H,3-4,7,9-10H2,1-2H3;1H. The highest BCUT2D eigenvalue weighted by Crippen LogP contribution is 2.27. The van der Waals surface area contributed by atoms with Crippen molar-refractivity contribution in [3.05, 3.63) is 23.8 Å². The third-order valence-corrected chi connectivity index (χ3v) is 3.56. The quantitative estimate of drug-likeness (QED) is 0.889. The van der Waals surface area contributed by atoms with E-state index in [0.29, 0.717) is 11.8 Å². The summed E-state index contributed by atoms with van der Waals surface area (Å²) in [5.41, 5.74) is 1.13. The molecule has 1 atom stereocenters. The van der Waals surface area contributed by atoms with Gasteiger partial charge < -0.3 is 15.2 Å². The van der Waals surface area contributed by atoms with Crippen LogP contribution in [0.25, 0.3) is 0 Å². The Morgan fingerprint density at radius 2 is 2.26 bits per heavy atom. The van der Waals surface area contributed by atoms with Gasteiger partial charge in [0.1, 0.15) is 0 Å². The summed E-state index contributed by atoms with van der Waals surface area (Å²) in [6.07, 6.45) is 2.48. The van der Waals surface area contributed by atoms with E-state index in [9.17, 15) is 5.11 Å². The van der Waals surface area contributed by atoms with Gasteiger partial charge in [-0.2, -0.15) is 0 Å². The molecule has 0 aromatic heterocycles. The largest absolute Gasteiger partial charge is 0.504 e. The number of methoxy groups -OCH3 is 1. The van der Waals surface area contributed by atoms with Gasteiger partial charge in [-0.25, -0.2) is 0 Å². The molecule has 0 spiro atoms. The number of rotatable bonds is 4. The van der Waals surface area contributed by atoms with Crippen LogP contribution in [0.5, 0.6) is 11.5 Å². The molecule has 1 saturated heterocycles. The van der Waals surface area contributed by atoms with E-state index in [1.165, 1.54) is 12.8 Å². The van der Waals surface area contributed by atoms with E-state index >= 15 is 0 Å². The molecule has 1 aliphatic heterocycles. The fourth-order valence-electron chi connectivity index (χ4n) is 2.53. The molecule has 0 bridgehead atoms. The van der Waals surface area contributed by atoms with Gasteiger partial charge in [0.25, 0.3) is 0 Å². The van der Waals surface area contributed by atoms with Crippen LogP contribution in [0.2, 0.25) is 0 Å². The second kappa shape index (κ2) is 7.58. The predicted molar refractivity (Wildman–Crippen MR) is 79.3 cm³/mol. The molecule has 1 aromatic carbocycles. The molecule has 1 aliphatic rings. The van der Waals surface area contributed by atoms with Gasteiger partial charge in [-0.3, -0.25) is 4.90 Å². The van der Waals surface area contributed by atoms with E-state index in [0.717, 1.165) is 25.2 Å². The minimum absolute atomic E-state index is 0. The van der Waals surface area contributed by atoms with Gasteiger partial charge in [-0.1, -0.05) is 6.07 Å². The van der Waals surface area contributed by atoms with Gasteiger partial charge in [0.15, 0.2) is 11.5 Å². The Morgan fingerprint density at radius 3 is 2.89 bits per heavy atom. The fraction of sp³-hybridized carbons (Fsp3) is 0.571. The molecule has 1 fully saturated rings. The van der Waals surface area contributed by atoms with E-state index in [1.807, 2.05) is 19.2 Å². The SMILES string of the molecule is CNC1CCCN(Cc2ccc(OC)c(O)c2)C1.Cl. The maximum absolute atomic E-state index is 9.76. The average Bonchev–Trinajstić information content (AvgIpc) is 2.39. The number of hydrogen-bond donors (Lipinski definition) is 2. The number of phenolic OH excluding ortho intramolecular Hbond substituents is 1. The first-order valence-electron chi connectivity index (χ1n) is 6.48. The van der Waals surface area contributed by atoms with Crippen LogP contribution >= 0.6 is 12.4 Å². The normalized spacial score (nSPS) is 19.8. The zero-order valence-electron chi connectivity index (χ0n) is 11.6. The van der Waals surface area contributed by atoms with Crippen LogP contribution in [-0.4, -0.2) is 43.3 Å². The molecule has 1 heterocycles. The summed E-state index contributed by atoms with van der Waals surface area (Å²) in [7, 11) is 3.59. The van der Waals surface area contributed by atoms with Crippen LogP contribution < -0.4 is 10.1 Å². The topological polar surface area (TPSA) is 44.7 Å². The second-order valence-electron chi connectivity index (χ2n) is 4.87. The highest BCUT2D eigenvalue weighted by Gasteiger charge is 2.18. The number of benzene rings is 1. The van der Waals surface area contributed by atoms with Gasteiger partial charge in [0, 0.05) is 19.1 Å². The molecule has 2 rings (SSSR count). The first kappa shape index (κ1) is 16.1. The lowest BCUT2D eigenvalue weighted by Gasteiger charge is -2.32. The van der Waals surface area contributed by atoms with Gasteiger partial charge >= 0.3 is 0 Å². The summed E-state index contributed by atoms with van der Waals surface area (Å²) in [6, 6.07) is 6.22. The molecule has 0 saturated carbocycles. The van der Waals surface area contributed by atoms with Gasteiger partial charge in [-0.05, 0) is 44.1 Å². The van der Waals surface area contributed by atoms with Crippen molar-refractivity contribution in [1.29, 1.82) is 0 Å². The molecule has 0 amide bonds. The van der Waals surface area contributed by atoms with E-state index in [4.69, 9.17) is 4.74 Å². The molecule has 1 aromatic rings. The molecule has 5 heteroatoms. The minimum atomic E-state index is 0. The third-order valence-electron chi connectivity index (χ3n) is 3.56. The summed E-state index contributed by atoms with van der Waals surface area (Å²) >= 11 is 0. The van der Waals surface area contributed by atoms with Crippen molar-refractivity contribution in [3.63, 3.8) is 0 Å². The lowest BCUT2D eigenvalue weighted by atomic mass is 10.0. The number of hydrogen-bond acceptors (Lipinski definition) is 4. The fourth-order valence-corrected chi connectivity index (χ4v) is 2.53. The minimum Gasteiger partial charge on any atom is -0.504 e. The van der Waals surface area contributed by atoms with E-state index < -0.39 is 0 Å². The number of nitrogens with zero attached hydrogens (tertiary/aromatic N) is 1. The van der Waals surface area contributed by atoms with Crippen LogP contribution in [0.4, 0.5) is 0 Å². The number of halogens is 1. The number of likely N-dealkylation sites (tertiary alicyclic amines) is 1. The highest BCUT2D eigenvalue weighted by atomic mass is 35.5. The second-order valence-corrected chi connectivity index (χ2v) is 4.87. The molecule has 0 aliphatic carbocycles. The molecule has 108 valence electrons. The Hall–Kier alpha value is -0.970. The summed E-state index contributed by atoms with van der Waals surface area (Å²) in [5, 5.41) is 13.1. The maximum Gasteiger partial charge on any atom is 0.160 e. The van der Waals surface area contributed by atoms with Crippen LogP contribution in [0, 0.1) is 0 Å². The molecular weight excluding hydrogens is 264 g/mol. The predicted octanol–water partition coefficient (Wildman–Crippen LogP) is 2.01. The van der Waals surface area contributed by atoms with E-state index in [2.05, 4.69) is 10.2 Å². The summed E-state index contributed by atoms with van der Waals surface area (Å²) in [6.45, 7) is 3.09. The molecular formula is C14H23ClN2O2. The van der Waals surface area contributed by atoms with Crippen molar-refractivity contribution in [2.24, 2.45) is 0 Å². The van der Waals surface area contributed by atoms with Gasteiger partial charge in [0.2, 0.25) is 0 Å². The molecule has 1 unspecified atom stereocenters. The van der Waals surface area contributed by atoms with Crippen molar-refractivity contribution in [1.82, 2.24) is 10.2 Å². The number of aromatic hydroxyl groups is 1. The van der Waals surface area contributed by atoms with Crippen LogP contribution in [0.3, 0.4) is 0 Å². The number of nitrogens with one attached hydrogen (secondary N) is 1. The zero-order chi connectivity index (χ0) is 13.0. The van der Waals surface area contributed by atoms with Crippen LogP contribution in [0.15, 0.2) is 18.2 Å². The van der Waals surface area contributed by atoms with Gasteiger partial charge in [0.05, 0.1) is 7.11 Å². The van der Waals surface area contributed by atoms with Crippen molar-refractivity contribution in [2.45, 2.75) is 25.4 Å². The van der Waals surface area contributed by atoms with Crippen molar-refractivity contribution in [3.8, 4) is 11.5 Å². The van der Waals surface area contributed by atoms with Gasteiger partial charge in [-0.15, -0.1) is 12.4 Å². The van der Waals surface area contributed by atoms with Crippen molar-refractivity contribution < 1.29 is 9.84 Å². The Morgan fingerprint density at radius 1 is 1.47 bits per heavy atom. The number of ether oxygens (including phenoxy) is 1. The van der Waals surface area contributed by atoms with E-state index in [1.54, 1.807) is 13.2 Å². The maximum atomic E-state index is 9.76. The lowest BCUT2D eigenvalue weighted by molar-refractivity contribution is 0.188. The summed E-state index contributed by atoms with van der Waals surface area (Å²) in [5.74, 6) is 0.752. The van der Waals surface area contributed by atoms with Crippen molar-refractivity contribution in [2.75, 3.05) is 27.2 Å². The highest BCUT2D eigenvalue weighted by molar-refractivity contribution is 5.85. The summed E-state index contributed by atoms with van der Waals surface area (Å²) < 4.78 is 5.05. The molecule has 2 N–H and O–H groups in total. The Kier molecular flexibility index (Phi) is 6.42. The number of likely N-dealkylation sites (N-methyl/N-ethyl adjacent to an activating group) is 1. The first-order chi connectivity index (χ1) is 8.72. The zero-order valence-corrected chi connectivity index (χ0v) is 12.4. The Balaban J connectivity index is 0.00000180. The summed E-state index contributed by atoms with van der Waals surface area (Å²) in [4.78, 5) is 2.42. The Labute approximate surface area is 121 Å².